The Balaban J connectivity index is 1.07. The zero-order valence-electron chi connectivity index (χ0n) is 48.4. The molecular weight excluding hydrogens is 1070 g/mol. The van der Waals surface area contributed by atoms with Crippen LogP contribution in [-0.4, -0.2) is 228 Å². The van der Waals surface area contributed by atoms with Crippen molar-refractivity contribution in [2.24, 2.45) is 0 Å². The molecule has 458 valence electrons. The first-order chi connectivity index (χ1) is 38.0. The van der Waals surface area contributed by atoms with Crippen molar-refractivity contribution in [1.82, 2.24) is 36.8 Å². The van der Waals surface area contributed by atoms with Gasteiger partial charge in [0.15, 0.2) is 36.2 Å². The number of ether oxygens (including phenoxy) is 14. The van der Waals surface area contributed by atoms with E-state index < -0.39 is 188 Å². The van der Waals surface area contributed by atoms with Crippen LogP contribution in [0.15, 0.2) is 0 Å². The van der Waals surface area contributed by atoms with Gasteiger partial charge in [0.05, 0.1) is 38.2 Å². The van der Waals surface area contributed by atoms with E-state index in [-0.39, 0.29) is 39.0 Å². The van der Waals surface area contributed by atoms with E-state index in [0.717, 1.165) is 0 Å². The standard InChI is InChI=1S/C52H83N7O22/c1-49(2,3)81-48(67)58-27(37-40-43(47(71-13)74-37)80-52(8,9)77-40)23-31(62)57-26(36-39-42(46(70-12)73-36)79-51(6,7)76-39)22-30(61)56-25(35-38-41(45(69-11)72-35)78-50(4,5)75-38)21-29(60)53-18-16-33(64)59-20-14-15-28(59)44(66)55-24-32(63)54-19-17-34(65)68-10/h25-28,35-43,45-47H,14-24H2,1-13H3,(H,53,60)(H,54,63)(H,55,66)(H,56,61)(H,57,62)(H,58,67)/t25-,26-,27-,28+,35+,36+,37+,38-,39-,40-,41-,42-,43-,45-,46-,47-/m0/s1. The number of alkyl carbamates (subject to hydrolysis) is 1. The smallest absolute Gasteiger partial charge is 0.407 e. The monoisotopic (exact) mass is 1160 g/mol. The molecule has 0 unspecified atom stereocenters. The summed E-state index contributed by atoms with van der Waals surface area (Å²) < 4.78 is 83.2. The first kappa shape index (κ1) is 63.7. The summed E-state index contributed by atoms with van der Waals surface area (Å²) in [6.45, 7) is 15.1. The number of nitrogens with one attached hydrogen (secondary N) is 6. The van der Waals surface area contributed by atoms with Gasteiger partial charge < -0.3 is 103 Å². The minimum absolute atomic E-state index is 0.0233. The van der Waals surface area contributed by atoms with Crippen LogP contribution in [0.1, 0.15) is 107 Å². The number of carbonyl (C=O) groups excluding carboxylic acids is 8. The van der Waals surface area contributed by atoms with Gasteiger partial charge in [-0.25, -0.2) is 4.79 Å². The van der Waals surface area contributed by atoms with Crippen LogP contribution in [0.25, 0.3) is 0 Å². The zero-order chi connectivity index (χ0) is 59.4. The van der Waals surface area contributed by atoms with Crippen LogP contribution >= 0.6 is 0 Å². The molecule has 0 aromatic heterocycles. The van der Waals surface area contributed by atoms with Crippen molar-refractivity contribution < 1.29 is 105 Å². The summed E-state index contributed by atoms with van der Waals surface area (Å²) in [7, 11) is 5.50. The number of hydrogen-bond donors (Lipinski definition) is 6. The minimum Gasteiger partial charge on any atom is -0.469 e. The molecule has 7 fully saturated rings. The van der Waals surface area contributed by atoms with Gasteiger partial charge in [0.25, 0.3) is 0 Å². The molecular formula is C52H83N7O22. The maximum atomic E-state index is 14.8. The normalized spacial score (nSPS) is 32.4. The van der Waals surface area contributed by atoms with E-state index in [4.69, 9.17) is 61.6 Å². The highest BCUT2D eigenvalue weighted by atomic mass is 16.8. The Morgan fingerprint density at radius 1 is 0.543 bits per heavy atom. The molecule has 0 spiro atoms. The van der Waals surface area contributed by atoms with Crippen LogP contribution in [0.2, 0.25) is 0 Å². The number of hydrogen-bond acceptors (Lipinski definition) is 22. The molecule has 0 aromatic rings. The van der Waals surface area contributed by atoms with E-state index in [2.05, 4.69) is 36.6 Å². The molecule has 6 N–H and O–H groups in total. The second-order valence-electron chi connectivity index (χ2n) is 23.3. The Morgan fingerprint density at radius 3 is 1.38 bits per heavy atom. The maximum Gasteiger partial charge on any atom is 0.407 e. The van der Waals surface area contributed by atoms with Crippen molar-refractivity contribution in [2.75, 3.05) is 54.6 Å². The lowest BCUT2D eigenvalue weighted by Crippen LogP contribution is -2.56. The van der Waals surface area contributed by atoms with Crippen molar-refractivity contribution in [3.63, 3.8) is 0 Å². The predicted octanol–water partition coefficient (Wildman–Crippen LogP) is -1.01. The Hall–Kier alpha value is -4.92. The van der Waals surface area contributed by atoms with Crippen molar-refractivity contribution in [2.45, 2.75) is 228 Å². The Bertz CT molecular complexity index is 2280. The molecule has 0 aliphatic carbocycles. The van der Waals surface area contributed by atoms with Gasteiger partial charge in [-0.2, -0.15) is 0 Å². The zero-order valence-corrected chi connectivity index (χ0v) is 48.4. The molecule has 7 amide bonds. The average molecular weight is 1160 g/mol. The summed E-state index contributed by atoms with van der Waals surface area (Å²) in [6.07, 6.45) is -12.3. The molecule has 16 atom stereocenters. The largest absolute Gasteiger partial charge is 0.469 e. The fourth-order valence-corrected chi connectivity index (χ4v) is 11.3. The number of fused-ring (bicyclic) bond motifs is 3. The van der Waals surface area contributed by atoms with Gasteiger partial charge in [-0.1, -0.05) is 0 Å². The third kappa shape index (κ3) is 16.3. The lowest BCUT2D eigenvalue weighted by molar-refractivity contribution is -0.230. The Kier molecular flexibility index (Phi) is 20.7. The van der Waals surface area contributed by atoms with Crippen molar-refractivity contribution in [1.29, 1.82) is 0 Å². The summed E-state index contributed by atoms with van der Waals surface area (Å²) >= 11 is 0. The number of carbonyl (C=O) groups is 8. The van der Waals surface area contributed by atoms with E-state index in [9.17, 15) is 38.4 Å². The quantitative estimate of drug-likeness (QED) is 0.0631. The van der Waals surface area contributed by atoms with Gasteiger partial charge in [0.1, 0.15) is 66.6 Å². The lowest BCUT2D eigenvalue weighted by atomic mass is 9.97. The molecule has 0 aromatic carbocycles. The van der Waals surface area contributed by atoms with Crippen LogP contribution in [-0.2, 0) is 99.9 Å². The van der Waals surface area contributed by atoms with E-state index in [0.29, 0.717) is 12.8 Å². The topological polar surface area (TPSA) is 341 Å². The van der Waals surface area contributed by atoms with Gasteiger partial charge in [0.2, 0.25) is 35.4 Å². The minimum atomic E-state index is -1.19. The van der Waals surface area contributed by atoms with E-state index >= 15 is 0 Å². The highest BCUT2D eigenvalue weighted by molar-refractivity contribution is 5.91. The third-order valence-corrected chi connectivity index (χ3v) is 14.5. The molecule has 7 heterocycles. The molecule has 81 heavy (non-hydrogen) atoms. The molecule has 7 saturated heterocycles. The molecule has 29 nitrogen and oxygen atoms in total. The molecule has 0 radical (unpaired) electrons. The molecule has 0 bridgehead atoms. The Labute approximate surface area is 470 Å². The fraction of sp³-hybridized carbons (Fsp3) is 0.846. The average Bonchev–Trinajstić information content (AvgIpc) is 4.43. The van der Waals surface area contributed by atoms with Gasteiger partial charge in [0, 0.05) is 66.6 Å². The molecule has 0 saturated carbocycles. The molecule has 7 rings (SSSR count). The highest BCUT2D eigenvalue weighted by Gasteiger charge is 2.61. The van der Waals surface area contributed by atoms with Crippen molar-refractivity contribution >= 4 is 47.5 Å². The van der Waals surface area contributed by atoms with Crippen LogP contribution in [0, 0.1) is 0 Å². The van der Waals surface area contributed by atoms with Crippen LogP contribution in [0.4, 0.5) is 4.79 Å². The van der Waals surface area contributed by atoms with E-state index in [1.807, 2.05) is 0 Å². The first-order valence-electron chi connectivity index (χ1n) is 27.4. The van der Waals surface area contributed by atoms with Gasteiger partial charge in [-0.15, -0.1) is 0 Å². The van der Waals surface area contributed by atoms with Crippen LogP contribution in [0.5, 0.6) is 0 Å². The molecule has 7 aliphatic rings. The van der Waals surface area contributed by atoms with Crippen LogP contribution in [0.3, 0.4) is 0 Å². The van der Waals surface area contributed by atoms with Gasteiger partial charge in [-0.3, -0.25) is 33.6 Å². The Morgan fingerprint density at radius 2 is 0.951 bits per heavy atom. The molecule has 29 heteroatoms. The summed E-state index contributed by atoms with van der Waals surface area (Å²) in [4.78, 5) is 109. The van der Waals surface area contributed by atoms with Gasteiger partial charge in [-0.05, 0) is 75.2 Å². The maximum absolute atomic E-state index is 14.8. The molecule has 7 aliphatic heterocycles. The number of amides is 7. The fourth-order valence-electron chi connectivity index (χ4n) is 11.3. The number of rotatable bonds is 24. The number of esters is 1. The van der Waals surface area contributed by atoms with Gasteiger partial charge >= 0.3 is 12.1 Å². The van der Waals surface area contributed by atoms with Crippen molar-refractivity contribution in [3.8, 4) is 0 Å². The summed E-state index contributed by atoms with van der Waals surface area (Å²) in [6, 6.07) is -4.30. The summed E-state index contributed by atoms with van der Waals surface area (Å²) in [5.74, 6) is -7.20. The highest BCUT2D eigenvalue weighted by Crippen LogP contribution is 2.43. The summed E-state index contributed by atoms with van der Waals surface area (Å²) in [5, 5.41) is 16.5. The first-order valence-corrected chi connectivity index (χ1v) is 27.4. The summed E-state index contributed by atoms with van der Waals surface area (Å²) in [5.41, 5.74) is -0.914. The SMILES string of the molecule is COC(=O)CCNC(=O)CNC(=O)[C@H]1CCCN1C(=O)CCNC(=O)C[C@H](NC(=O)C[C@H](NC(=O)C[C@H](NC(=O)OC(C)(C)C)[C@H]1O[C@H](OC)[C@H]2OC(C)(C)O[C@H]21)[C@H]1O[C@H](OC)[C@H]2OC(C)(C)O[C@H]21)[C@H]1O[C@H](OC)[C@H]2OC(C)(C)O[C@H]21. The third-order valence-electron chi connectivity index (χ3n) is 14.5. The lowest BCUT2D eigenvalue weighted by Gasteiger charge is -2.32. The number of likely N-dealkylation sites (tertiary alicyclic amines) is 1. The number of methoxy groups -OCH3 is 4. The predicted molar refractivity (Wildman–Crippen MR) is 274 cm³/mol. The van der Waals surface area contributed by atoms with E-state index in [1.165, 1.54) is 33.3 Å². The van der Waals surface area contributed by atoms with Crippen LogP contribution < -0.4 is 31.9 Å². The van der Waals surface area contributed by atoms with Crippen molar-refractivity contribution in [3.05, 3.63) is 0 Å². The number of nitrogens with zero attached hydrogens (tertiary/aromatic N) is 1. The van der Waals surface area contributed by atoms with E-state index in [1.54, 1.807) is 62.3 Å². The second kappa shape index (κ2) is 26.3. The second-order valence-corrected chi connectivity index (χ2v) is 23.3.